The van der Waals surface area contributed by atoms with Gasteiger partial charge in [-0.05, 0) is 39.5 Å². The molecule has 0 saturated heterocycles. The van der Waals surface area contributed by atoms with E-state index in [9.17, 15) is 4.79 Å². The first-order valence-electron chi connectivity index (χ1n) is 5.95. The van der Waals surface area contributed by atoms with Crippen molar-refractivity contribution in [3.8, 4) is 0 Å². The summed E-state index contributed by atoms with van der Waals surface area (Å²) in [6.07, 6.45) is 1.46. The number of amides is 1. The molecule has 0 aromatic carbocycles. The quantitative estimate of drug-likeness (QED) is 0.712. The molecule has 0 radical (unpaired) electrons. The molecule has 0 bridgehead atoms. The topological polar surface area (TPSA) is 64.3 Å². The lowest BCUT2D eigenvalue weighted by atomic mass is 10.0. The molecule has 0 rings (SSSR count). The second kappa shape index (κ2) is 6.74. The molecule has 0 aromatic rings. The van der Waals surface area contributed by atoms with Crippen LogP contribution in [0.25, 0.3) is 0 Å². The second-order valence-electron chi connectivity index (χ2n) is 5.48. The van der Waals surface area contributed by atoms with Gasteiger partial charge in [-0.15, -0.1) is 0 Å². The van der Waals surface area contributed by atoms with Gasteiger partial charge in [0.1, 0.15) is 5.60 Å². The maximum Gasteiger partial charge on any atom is 0.407 e. The van der Waals surface area contributed by atoms with Crippen molar-refractivity contribution in [1.82, 2.24) is 5.32 Å². The summed E-state index contributed by atoms with van der Waals surface area (Å²) in [5.74, 6) is 0.488. The highest BCUT2D eigenvalue weighted by atomic mass is 16.6. The molecule has 0 aliphatic heterocycles. The summed E-state index contributed by atoms with van der Waals surface area (Å²) in [6.45, 7) is 10.4. The van der Waals surface area contributed by atoms with Crippen molar-refractivity contribution in [1.29, 1.82) is 0 Å². The van der Waals surface area contributed by atoms with E-state index in [2.05, 4.69) is 19.2 Å². The number of nitrogens with two attached hydrogens (primary N) is 1. The van der Waals surface area contributed by atoms with Gasteiger partial charge in [0.25, 0.3) is 0 Å². The van der Waals surface area contributed by atoms with Crippen molar-refractivity contribution < 1.29 is 9.53 Å². The van der Waals surface area contributed by atoms with Gasteiger partial charge in [0.05, 0.1) is 0 Å². The van der Waals surface area contributed by atoms with E-state index in [1.54, 1.807) is 0 Å². The van der Waals surface area contributed by atoms with Gasteiger partial charge in [-0.2, -0.15) is 0 Å². The highest BCUT2D eigenvalue weighted by Crippen LogP contribution is 2.07. The molecule has 1 unspecified atom stereocenters. The number of alkyl carbamates (subject to hydrolysis) is 1. The van der Waals surface area contributed by atoms with Crippen molar-refractivity contribution in [2.75, 3.05) is 6.54 Å². The molecule has 4 nitrogen and oxygen atoms in total. The van der Waals surface area contributed by atoms with Gasteiger partial charge >= 0.3 is 6.09 Å². The first kappa shape index (κ1) is 15.2. The summed E-state index contributed by atoms with van der Waals surface area (Å²) in [7, 11) is 0. The molecule has 0 aliphatic rings. The Bertz CT molecular complexity index is 210. The van der Waals surface area contributed by atoms with Gasteiger partial charge in [0.15, 0.2) is 0 Å². The number of carbonyl (C=O) groups is 1. The monoisotopic (exact) mass is 230 g/mol. The predicted molar refractivity (Wildman–Crippen MR) is 66.3 cm³/mol. The molecule has 3 N–H and O–H groups in total. The van der Waals surface area contributed by atoms with Crippen LogP contribution >= 0.6 is 0 Å². The molecule has 0 heterocycles. The number of hydrogen-bond acceptors (Lipinski definition) is 3. The number of carbonyl (C=O) groups excluding carboxylic acids is 1. The third-order valence-corrected chi connectivity index (χ3v) is 2.24. The fourth-order valence-corrected chi connectivity index (χ4v) is 1.18. The van der Waals surface area contributed by atoms with E-state index in [0.29, 0.717) is 12.5 Å². The maximum absolute atomic E-state index is 11.3. The van der Waals surface area contributed by atoms with Crippen LogP contribution in [-0.4, -0.2) is 24.3 Å². The van der Waals surface area contributed by atoms with Gasteiger partial charge < -0.3 is 15.8 Å². The minimum atomic E-state index is -0.432. The predicted octanol–water partition coefficient (Wildman–Crippen LogP) is 2.27. The van der Waals surface area contributed by atoms with E-state index in [-0.39, 0.29) is 12.1 Å². The van der Waals surface area contributed by atoms with Crippen molar-refractivity contribution in [3.05, 3.63) is 0 Å². The van der Waals surface area contributed by atoms with Crippen LogP contribution in [0.15, 0.2) is 0 Å². The summed E-state index contributed by atoms with van der Waals surface area (Å²) >= 11 is 0. The third-order valence-electron chi connectivity index (χ3n) is 2.24. The Morgan fingerprint density at radius 3 is 2.38 bits per heavy atom. The molecule has 1 atom stereocenters. The van der Waals surface area contributed by atoms with Gasteiger partial charge in [0.2, 0.25) is 0 Å². The smallest absolute Gasteiger partial charge is 0.407 e. The lowest BCUT2D eigenvalue weighted by molar-refractivity contribution is 0.0526. The van der Waals surface area contributed by atoms with Crippen LogP contribution < -0.4 is 11.1 Å². The number of nitrogens with one attached hydrogen (secondary N) is 1. The molecular formula is C12H26N2O2. The summed E-state index contributed by atoms with van der Waals surface area (Å²) in [5.41, 5.74) is 5.46. The van der Waals surface area contributed by atoms with E-state index in [4.69, 9.17) is 10.5 Å². The molecule has 0 fully saturated rings. The number of ether oxygens (including phenoxy) is 1. The number of hydrogen-bond donors (Lipinski definition) is 2. The summed E-state index contributed by atoms with van der Waals surface area (Å²) < 4.78 is 5.11. The highest BCUT2D eigenvalue weighted by molar-refractivity contribution is 5.67. The van der Waals surface area contributed by atoms with Gasteiger partial charge in [-0.1, -0.05) is 13.8 Å². The fraction of sp³-hybridized carbons (Fsp3) is 0.917. The van der Waals surface area contributed by atoms with Crippen molar-refractivity contribution in [3.63, 3.8) is 0 Å². The largest absolute Gasteiger partial charge is 0.444 e. The zero-order chi connectivity index (χ0) is 12.8. The van der Waals surface area contributed by atoms with Gasteiger partial charge in [0, 0.05) is 12.6 Å². The second-order valence-corrected chi connectivity index (χ2v) is 5.48. The molecular weight excluding hydrogens is 204 g/mol. The van der Waals surface area contributed by atoms with Crippen LogP contribution in [0, 0.1) is 5.92 Å². The van der Waals surface area contributed by atoms with Crippen LogP contribution in [0.5, 0.6) is 0 Å². The first-order valence-corrected chi connectivity index (χ1v) is 5.95. The van der Waals surface area contributed by atoms with Crippen LogP contribution in [0.2, 0.25) is 0 Å². The Labute approximate surface area is 98.9 Å². The average Bonchev–Trinajstić information content (AvgIpc) is 2.08. The molecule has 0 aromatic heterocycles. The molecule has 0 saturated carbocycles. The molecule has 0 spiro atoms. The van der Waals surface area contributed by atoms with E-state index < -0.39 is 5.60 Å². The van der Waals surface area contributed by atoms with Crippen LogP contribution in [0.1, 0.15) is 47.5 Å². The summed E-state index contributed by atoms with van der Waals surface area (Å²) in [5, 5.41) is 2.72. The molecule has 16 heavy (non-hydrogen) atoms. The van der Waals surface area contributed by atoms with E-state index in [0.717, 1.165) is 12.8 Å². The first-order chi connectivity index (χ1) is 7.22. The van der Waals surface area contributed by atoms with Gasteiger partial charge in [-0.3, -0.25) is 0 Å². The Kier molecular flexibility index (Phi) is 6.41. The SMILES string of the molecule is CC(C)C(N)CCCNC(=O)OC(C)(C)C. The lowest BCUT2D eigenvalue weighted by Crippen LogP contribution is -2.34. The van der Waals surface area contributed by atoms with E-state index in [1.807, 2.05) is 20.8 Å². The van der Waals surface area contributed by atoms with Crippen molar-refractivity contribution >= 4 is 6.09 Å². The molecule has 4 heteroatoms. The summed E-state index contributed by atoms with van der Waals surface area (Å²) in [6, 6.07) is 0.209. The minimum absolute atomic E-state index is 0.209. The van der Waals surface area contributed by atoms with Crippen molar-refractivity contribution in [2.45, 2.75) is 59.1 Å². The Balaban J connectivity index is 3.56. The summed E-state index contributed by atoms with van der Waals surface area (Å²) in [4.78, 5) is 11.3. The average molecular weight is 230 g/mol. The third kappa shape index (κ3) is 8.53. The Hall–Kier alpha value is -0.770. The number of rotatable bonds is 5. The standard InChI is InChI=1S/C12H26N2O2/c1-9(2)10(13)7-6-8-14-11(15)16-12(3,4)5/h9-10H,6-8,13H2,1-5H3,(H,14,15). The van der Waals surface area contributed by atoms with E-state index >= 15 is 0 Å². The maximum atomic E-state index is 11.3. The Morgan fingerprint density at radius 1 is 1.38 bits per heavy atom. The Morgan fingerprint density at radius 2 is 1.94 bits per heavy atom. The van der Waals surface area contributed by atoms with Crippen LogP contribution in [0.4, 0.5) is 4.79 Å². The highest BCUT2D eigenvalue weighted by Gasteiger charge is 2.15. The van der Waals surface area contributed by atoms with Crippen LogP contribution in [-0.2, 0) is 4.74 Å². The lowest BCUT2D eigenvalue weighted by Gasteiger charge is -2.20. The molecule has 0 aliphatic carbocycles. The zero-order valence-electron chi connectivity index (χ0n) is 11.2. The van der Waals surface area contributed by atoms with Gasteiger partial charge in [-0.25, -0.2) is 4.79 Å². The minimum Gasteiger partial charge on any atom is -0.444 e. The normalized spacial score (nSPS) is 13.7. The van der Waals surface area contributed by atoms with Crippen molar-refractivity contribution in [2.24, 2.45) is 11.7 Å². The van der Waals surface area contributed by atoms with Crippen LogP contribution in [0.3, 0.4) is 0 Å². The molecule has 1 amide bonds. The fourth-order valence-electron chi connectivity index (χ4n) is 1.18. The van der Waals surface area contributed by atoms with E-state index in [1.165, 1.54) is 0 Å². The molecule has 96 valence electrons. The zero-order valence-corrected chi connectivity index (χ0v) is 11.2.